The average Bonchev–Trinajstić information content (AvgIpc) is 3.02. The van der Waals surface area contributed by atoms with Crippen LogP contribution >= 0.6 is 22.9 Å². The molecule has 0 radical (unpaired) electrons. The molecule has 1 aromatic heterocycles. The fraction of sp³-hybridized carbons (Fsp3) is 0.600. The molecule has 1 aliphatic carbocycles. The Balaban J connectivity index is 1.66. The van der Waals surface area contributed by atoms with Crippen LogP contribution in [0.4, 0.5) is 5.13 Å². The topological polar surface area (TPSA) is 60.7 Å². The zero-order chi connectivity index (χ0) is 11.4. The van der Waals surface area contributed by atoms with Crippen molar-refractivity contribution < 1.29 is 0 Å². The van der Waals surface area contributed by atoms with Gasteiger partial charge in [-0.05, 0) is 25.8 Å². The minimum Gasteiger partial charge on any atom is -0.361 e. The zero-order valence-corrected chi connectivity index (χ0v) is 10.4. The van der Waals surface area contributed by atoms with Crippen molar-refractivity contribution in [3.63, 3.8) is 0 Å². The highest BCUT2D eigenvalue weighted by atomic mass is 35.5. The molecule has 0 atom stereocenters. The molecular weight excluding hydrogens is 244 g/mol. The summed E-state index contributed by atoms with van der Waals surface area (Å²) >= 11 is 7.06. The summed E-state index contributed by atoms with van der Waals surface area (Å²) in [6.45, 7) is 1.89. The van der Waals surface area contributed by atoms with E-state index in [4.69, 9.17) is 16.9 Å². The predicted molar refractivity (Wildman–Crippen MR) is 66.0 cm³/mol. The van der Waals surface area contributed by atoms with Crippen molar-refractivity contribution in [1.29, 1.82) is 5.26 Å². The molecule has 0 amide bonds. The fourth-order valence-corrected chi connectivity index (χ4v) is 2.30. The van der Waals surface area contributed by atoms with Crippen LogP contribution < -0.4 is 10.6 Å². The predicted octanol–water partition coefficient (Wildman–Crippen LogP) is 2.22. The van der Waals surface area contributed by atoms with Gasteiger partial charge < -0.3 is 10.6 Å². The van der Waals surface area contributed by atoms with E-state index in [2.05, 4.69) is 15.6 Å². The Labute approximate surface area is 104 Å². The molecule has 16 heavy (non-hydrogen) atoms. The first kappa shape index (κ1) is 11.6. The summed E-state index contributed by atoms with van der Waals surface area (Å²) in [5.41, 5.74) is 0. The van der Waals surface area contributed by atoms with Gasteiger partial charge in [-0.2, -0.15) is 5.26 Å². The summed E-state index contributed by atoms with van der Waals surface area (Å²) in [6.07, 6.45) is 3.69. The Morgan fingerprint density at radius 2 is 2.31 bits per heavy atom. The monoisotopic (exact) mass is 256 g/mol. The Morgan fingerprint density at radius 1 is 1.50 bits per heavy atom. The molecule has 6 heteroatoms. The maximum Gasteiger partial charge on any atom is 0.185 e. The first-order valence-corrected chi connectivity index (χ1v) is 6.52. The van der Waals surface area contributed by atoms with Crippen molar-refractivity contribution in [2.24, 2.45) is 0 Å². The lowest BCUT2D eigenvalue weighted by Gasteiger charge is -2.03. The van der Waals surface area contributed by atoms with Gasteiger partial charge in [0, 0.05) is 12.6 Å². The third-order valence-corrected chi connectivity index (χ3v) is 3.63. The van der Waals surface area contributed by atoms with Gasteiger partial charge in [0.2, 0.25) is 0 Å². The van der Waals surface area contributed by atoms with E-state index >= 15 is 0 Å². The van der Waals surface area contributed by atoms with E-state index in [0.29, 0.717) is 10.0 Å². The molecule has 1 fully saturated rings. The summed E-state index contributed by atoms with van der Waals surface area (Å²) in [7, 11) is 0. The average molecular weight is 257 g/mol. The Bertz CT molecular complexity index is 394. The summed E-state index contributed by atoms with van der Waals surface area (Å²) in [6, 6.07) is 2.78. The van der Waals surface area contributed by atoms with Gasteiger partial charge in [-0.25, -0.2) is 4.98 Å². The van der Waals surface area contributed by atoms with Gasteiger partial charge in [0.25, 0.3) is 0 Å². The van der Waals surface area contributed by atoms with Crippen molar-refractivity contribution in [1.82, 2.24) is 10.3 Å². The van der Waals surface area contributed by atoms with E-state index in [-0.39, 0.29) is 0 Å². The third-order valence-electron chi connectivity index (χ3n) is 2.33. The second kappa shape index (κ2) is 5.48. The number of thiazole rings is 1. The third kappa shape index (κ3) is 3.34. The van der Waals surface area contributed by atoms with E-state index in [1.165, 1.54) is 24.2 Å². The van der Waals surface area contributed by atoms with Crippen LogP contribution in [0, 0.1) is 11.3 Å². The molecule has 0 spiro atoms. The first-order chi connectivity index (χ1) is 7.79. The highest BCUT2D eigenvalue weighted by Crippen LogP contribution is 2.25. The highest BCUT2D eigenvalue weighted by Gasteiger charge is 2.19. The fourth-order valence-electron chi connectivity index (χ4n) is 1.32. The number of halogens is 1. The largest absolute Gasteiger partial charge is 0.361 e. The summed E-state index contributed by atoms with van der Waals surface area (Å²) < 4.78 is 0. The molecule has 0 saturated heterocycles. The molecule has 2 N–H and O–H groups in total. The van der Waals surface area contributed by atoms with Gasteiger partial charge in [-0.1, -0.05) is 22.9 Å². The molecule has 4 nitrogen and oxygen atoms in total. The lowest BCUT2D eigenvalue weighted by atomic mass is 10.4. The summed E-state index contributed by atoms with van der Waals surface area (Å²) in [4.78, 5) is 4.53. The molecule has 0 aromatic carbocycles. The van der Waals surface area contributed by atoms with Crippen molar-refractivity contribution in [2.75, 3.05) is 18.4 Å². The molecule has 0 aliphatic heterocycles. The number of aromatic nitrogens is 1. The van der Waals surface area contributed by atoms with Crippen LogP contribution in [0.25, 0.3) is 0 Å². The number of nitriles is 1. The van der Waals surface area contributed by atoms with E-state index in [1.807, 2.05) is 6.07 Å². The van der Waals surface area contributed by atoms with Gasteiger partial charge in [0.1, 0.15) is 10.9 Å². The molecule has 1 heterocycles. The van der Waals surface area contributed by atoms with E-state index in [1.54, 1.807) is 0 Å². The minimum atomic E-state index is 0.297. The SMILES string of the molecule is N#Cc1sc(NCCCNC2CC2)nc1Cl. The highest BCUT2D eigenvalue weighted by molar-refractivity contribution is 7.16. The minimum absolute atomic E-state index is 0.297. The number of nitrogens with one attached hydrogen (secondary N) is 2. The molecule has 1 aliphatic rings. The van der Waals surface area contributed by atoms with Gasteiger partial charge in [0.05, 0.1) is 0 Å². The Morgan fingerprint density at radius 3 is 2.94 bits per heavy atom. The van der Waals surface area contributed by atoms with Crippen LogP contribution in [-0.4, -0.2) is 24.1 Å². The normalized spacial score (nSPS) is 14.8. The molecule has 1 aromatic rings. The smallest absolute Gasteiger partial charge is 0.185 e. The molecular formula is C10H13ClN4S. The van der Waals surface area contributed by atoms with Crippen LogP contribution in [-0.2, 0) is 0 Å². The van der Waals surface area contributed by atoms with Gasteiger partial charge in [-0.3, -0.25) is 0 Å². The van der Waals surface area contributed by atoms with Gasteiger partial charge in [-0.15, -0.1) is 0 Å². The number of rotatable bonds is 6. The standard InChI is InChI=1S/C10H13ClN4S/c11-9-8(6-12)16-10(15-9)14-5-1-4-13-7-2-3-7/h7,13H,1-5H2,(H,14,15). The second-order valence-electron chi connectivity index (χ2n) is 3.76. The summed E-state index contributed by atoms with van der Waals surface area (Å²) in [5.74, 6) is 0. The van der Waals surface area contributed by atoms with Crippen LogP contribution in [0.1, 0.15) is 24.1 Å². The molecule has 2 rings (SSSR count). The maximum atomic E-state index is 8.71. The quantitative estimate of drug-likeness (QED) is 0.767. The van der Waals surface area contributed by atoms with Crippen molar-refractivity contribution in [3.05, 3.63) is 10.0 Å². The van der Waals surface area contributed by atoms with Crippen molar-refractivity contribution in [2.45, 2.75) is 25.3 Å². The van der Waals surface area contributed by atoms with Crippen LogP contribution in [0.3, 0.4) is 0 Å². The maximum absolute atomic E-state index is 8.71. The second-order valence-corrected chi connectivity index (χ2v) is 5.12. The molecule has 1 saturated carbocycles. The first-order valence-electron chi connectivity index (χ1n) is 5.33. The summed E-state index contributed by atoms with van der Waals surface area (Å²) in [5, 5.41) is 16.3. The van der Waals surface area contributed by atoms with Crippen LogP contribution in [0.5, 0.6) is 0 Å². The number of hydrogen-bond donors (Lipinski definition) is 2. The number of anilines is 1. The number of nitrogens with zero attached hydrogens (tertiary/aromatic N) is 2. The Hall–Kier alpha value is -0.830. The zero-order valence-electron chi connectivity index (χ0n) is 8.79. The lowest BCUT2D eigenvalue weighted by Crippen LogP contribution is -2.19. The van der Waals surface area contributed by atoms with E-state index in [9.17, 15) is 0 Å². The number of hydrogen-bond acceptors (Lipinski definition) is 5. The van der Waals surface area contributed by atoms with Crippen molar-refractivity contribution in [3.8, 4) is 6.07 Å². The van der Waals surface area contributed by atoms with E-state index < -0.39 is 0 Å². The van der Waals surface area contributed by atoms with Crippen molar-refractivity contribution >= 4 is 28.1 Å². The Kier molecular flexibility index (Phi) is 3.99. The van der Waals surface area contributed by atoms with Crippen LogP contribution in [0.15, 0.2) is 0 Å². The molecule has 0 unspecified atom stereocenters. The van der Waals surface area contributed by atoms with Crippen LogP contribution in [0.2, 0.25) is 5.15 Å². The molecule has 0 bridgehead atoms. The van der Waals surface area contributed by atoms with Gasteiger partial charge >= 0.3 is 0 Å². The van der Waals surface area contributed by atoms with Gasteiger partial charge in [0.15, 0.2) is 10.3 Å². The molecule has 86 valence electrons. The van der Waals surface area contributed by atoms with E-state index in [0.717, 1.165) is 30.7 Å². The lowest BCUT2D eigenvalue weighted by molar-refractivity contribution is 0.659.